The number of nitrogens with zero attached hydrogens (tertiary/aromatic N) is 2. The highest BCUT2D eigenvalue weighted by molar-refractivity contribution is 5.84. The van der Waals surface area contributed by atoms with Gasteiger partial charge in [-0.15, -0.1) is 0 Å². The number of carboxylic acids is 1. The van der Waals surface area contributed by atoms with Gasteiger partial charge >= 0.3 is 12.0 Å². The second-order valence-corrected chi connectivity index (χ2v) is 5.09. The van der Waals surface area contributed by atoms with Crippen LogP contribution in [0, 0.1) is 5.92 Å². The van der Waals surface area contributed by atoms with Crippen molar-refractivity contribution >= 4 is 12.0 Å². The minimum atomic E-state index is -1.05. The first-order chi connectivity index (χ1) is 9.60. The van der Waals surface area contributed by atoms with E-state index in [1.165, 1.54) is 12.5 Å². The van der Waals surface area contributed by atoms with E-state index in [-0.39, 0.29) is 11.7 Å². The number of carbonyl (C=O) groups excluding carboxylic acids is 1. The standard InChI is InChI=1S/C13H20N4O3/c1-2-3-9-6-10(9)16-13(20)14-4-5-17-7-11(12(18)19)15-8-17/h7-10H,2-6H2,1H3,(H,18,19)(H2,14,16,20). The quantitative estimate of drug-likeness (QED) is 0.696. The lowest BCUT2D eigenvalue weighted by Crippen LogP contribution is -2.38. The van der Waals surface area contributed by atoms with Gasteiger partial charge in [0.15, 0.2) is 5.69 Å². The number of rotatable bonds is 7. The van der Waals surface area contributed by atoms with Gasteiger partial charge < -0.3 is 20.3 Å². The Hall–Kier alpha value is -2.05. The monoisotopic (exact) mass is 280 g/mol. The van der Waals surface area contributed by atoms with E-state index in [2.05, 4.69) is 22.5 Å². The molecular weight excluding hydrogens is 260 g/mol. The van der Waals surface area contributed by atoms with Gasteiger partial charge in [0.1, 0.15) is 0 Å². The van der Waals surface area contributed by atoms with E-state index in [9.17, 15) is 9.59 Å². The van der Waals surface area contributed by atoms with Crippen molar-refractivity contribution in [2.45, 2.75) is 38.8 Å². The number of imidazole rings is 1. The molecule has 110 valence electrons. The zero-order valence-electron chi connectivity index (χ0n) is 11.5. The summed E-state index contributed by atoms with van der Waals surface area (Å²) in [6.45, 7) is 3.08. The summed E-state index contributed by atoms with van der Waals surface area (Å²) >= 11 is 0. The molecule has 0 radical (unpaired) electrons. The molecule has 2 atom stereocenters. The Labute approximate surface area is 117 Å². The first-order valence-electron chi connectivity index (χ1n) is 6.89. The lowest BCUT2D eigenvalue weighted by atomic mass is 10.2. The molecule has 0 saturated heterocycles. The van der Waals surface area contributed by atoms with E-state index in [1.807, 2.05) is 0 Å². The van der Waals surface area contributed by atoms with Crippen LogP contribution in [0.25, 0.3) is 0 Å². The predicted molar refractivity (Wildman–Crippen MR) is 72.5 cm³/mol. The van der Waals surface area contributed by atoms with Crippen LogP contribution in [-0.4, -0.2) is 39.2 Å². The minimum absolute atomic E-state index is 0.00911. The molecule has 1 fully saturated rings. The Morgan fingerprint density at radius 2 is 2.35 bits per heavy atom. The lowest BCUT2D eigenvalue weighted by Gasteiger charge is -2.07. The number of hydrogen-bond acceptors (Lipinski definition) is 3. The largest absolute Gasteiger partial charge is 0.476 e. The molecule has 0 bridgehead atoms. The second kappa shape index (κ2) is 6.40. The van der Waals surface area contributed by atoms with Crippen LogP contribution in [0.1, 0.15) is 36.7 Å². The summed E-state index contributed by atoms with van der Waals surface area (Å²) in [6.07, 6.45) is 6.28. The van der Waals surface area contributed by atoms with E-state index >= 15 is 0 Å². The fourth-order valence-corrected chi connectivity index (χ4v) is 2.22. The van der Waals surface area contributed by atoms with Crippen molar-refractivity contribution in [3.8, 4) is 0 Å². The van der Waals surface area contributed by atoms with Crippen LogP contribution in [0.2, 0.25) is 0 Å². The van der Waals surface area contributed by atoms with E-state index in [4.69, 9.17) is 5.11 Å². The van der Waals surface area contributed by atoms with Gasteiger partial charge in [-0.1, -0.05) is 13.3 Å². The SMILES string of the molecule is CCCC1CC1NC(=O)NCCn1cnc(C(=O)O)c1. The average molecular weight is 280 g/mol. The number of amides is 2. The number of urea groups is 1. The maximum atomic E-state index is 11.6. The Morgan fingerprint density at radius 3 is 3.00 bits per heavy atom. The highest BCUT2D eigenvalue weighted by atomic mass is 16.4. The van der Waals surface area contributed by atoms with E-state index < -0.39 is 5.97 Å². The van der Waals surface area contributed by atoms with Crippen LogP contribution in [0.15, 0.2) is 12.5 Å². The van der Waals surface area contributed by atoms with Gasteiger partial charge in [-0.3, -0.25) is 0 Å². The summed E-state index contributed by atoms with van der Waals surface area (Å²) in [5, 5.41) is 14.4. The molecule has 2 unspecified atom stereocenters. The lowest BCUT2D eigenvalue weighted by molar-refractivity contribution is 0.0691. The summed E-state index contributed by atoms with van der Waals surface area (Å²) in [5.74, 6) is -0.414. The van der Waals surface area contributed by atoms with Gasteiger partial charge in [-0.05, 0) is 18.8 Å². The van der Waals surface area contributed by atoms with Crippen LogP contribution in [-0.2, 0) is 6.54 Å². The highest BCUT2D eigenvalue weighted by Gasteiger charge is 2.36. The summed E-state index contributed by atoms with van der Waals surface area (Å²) in [5.41, 5.74) is 0.00911. The topological polar surface area (TPSA) is 96.3 Å². The normalized spacial score (nSPS) is 20.4. The average Bonchev–Trinajstić information content (AvgIpc) is 2.93. The maximum Gasteiger partial charge on any atom is 0.356 e. The molecule has 0 aromatic carbocycles. The Balaban J connectivity index is 1.63. The Morgan fingerprint density at radius 1 is 1.55 bits per heavy atom. The van der Waals surface area contributed by atoms with Crippen LogP contribution in [0.5, 0.6) is 0 Å². The summed E-state index contributed by atoms with van der Waals surface area (Å²) in [4.78, 5) is 26.0. The smallest absolute Gasteiger partial charge is 0.356 e. The number of aromatic nitrogens is 2. The summed E-state index contributed by atoms with van der Waals surface area (Å²) in [6, 6.07) is 0.161. The molecule has 0 spiro atoms. The fraction of sp³-hybridized carbons (Fsp3) is 0.615. The fourth-order valence-electron chi connectivity index (χ4n) is 2.22. The molecule has 7 nitrogen and oxygen atoms in total. The molecule has 1 aromatic heterocycles. The molecule has 1 saturated carbocycles. The number of carbonyl (C=O) groups is 2. The summed E-state index contributed by atoms with van der Waals surface area (Å²) < 4.78 is 1.64. The van der Waals surface area contributed by atoms with Crippen molar-refractivity contribution in [3.05, 3.63) is 18.2 Å². The Bertz CT molecular complexity index is 486. The highest BCUT2D eigenvalue weighted by Crippen LogP contribution is 2.34. The molecule has 1 heterocycles. The minimum Gasteiger partial charge on any atom is -0.476 e. The van der Waals surface area contributed by atoms with Gasteiger partial charge in [0.25, 0.3) is 0 Å². The zero-order valence-corrected chi connectivity index (χ0v) is 11.5. The van der Waals surface area contributed by atoms with E-state index in [1.54, 1.807) is 4.57 Å². The molecule has 20 heavy (non-hydrogen) atoms. The third-order valence-corrected chi connectivity index (χ3v) is 3.41. The van der Waals surface area contributed by atoms with Crippen molar-refractivity contribution in [2.75, 3.05) is 6.54 Å². The molecule has 1 aliphatic rings. The van der Waals surface area contributed by atoms with Crippen LogP contribution >= 0.6 is 0 Å². The third kappa shape index (κ3) is 3.97. The predicted octanol–water partition coefficient (Wildman–Crippen LogP) is 1.07. The Kier molecular flexibility index (Phi) is 4.60. The number of aromatic carboxylic acids is 1. The zero-order chi connectivity index (χ0) is 14.5. The van der Waals surface area contributed by atoms with Crippen molar-refractivity contribution in [1.82, 2.24) is 20.2 Å². The van der Waals surface area contributed by atoms with Gasteiger partial charge in [-0.25, -0.2) is 14.6 Å². The molecule has 1 aromatic rings. The van der Waals surface area contributed by atoms with E-state index in [0.29, 0.717) is 25.0 Å². The van der Waals surface area contributed by atoms with Crippen molar-refractivity contribution < 1.29 is 14.7 Å². The second-order valence-electron chi connectivity index (χ2n) is 5.09. The van der Waals surface area contributed by atoms with Gasteiger partial charge in [0.2, 0.25) is 0 Å². The van der Waals surface area contributed by atoms with Crippen molar-refractivity contribution in [2.24, 2.45) is 5.92 Å². The van der Waals surface area contributed by atoms with Crippen LogP contribution in [0.4, 0.5) is 4.79 Å². The van der Waals surface area contributed by atoms with Gasteiger partial charge in [0, 0.05) is 25.3 Å². The molecule has 7 heteroatoms. The maximum absolute atomic E-state index is 11.6. The molecule has 2 rings (SSSR count). The molecular formula is C13H20N4O3. The number of nitrogens with one attached hydrogen (secondary N) is 2. The first kappa shape index (κ1) is 14.4. The molecule has 0 aliphatic heterocycles. The van der Waals surface area contributed by atoms with Crippen LogP contribution in [0.3, 0.4) is 0 Å². The molecule has 3 N–H and O–H groups in total. The van der Waals surface area contributed by atoms with E-state index in [0.717, 1.165) is 19.3 Å². The van der Waals surface area contributed by atoms with Gasteiger partial charge in [-0.2, -0.15) is 0 Å². The summed E-state index contributed by atoms with van der Waals surface area (Å²) in [7, 11) is 0. The van der Waals surface area contributed by atoms with Crippen molar-refractivity contribution in [3.63, 3.8) is 0 Å². The molecule has 2 amide bonds. The number of carboxylic acid groups (broad SMARTS) is 1. The number of hydrogen-bond donors (Lipinski definition) is 3. The first-order valence-corrected chi connectivity index (χ1v) is 6.89. The van der Waals surface area contributed by atoms with Gasteiger partial charge in [0.05, 0.1) is 6.33 Å². The van der Waals surface area contributed by atoms with Crippen LogP contribution < -0.4 is 10.6 Å². The third-order valence-electron chi connectivity index (χ3n) is 3.41. The molecule has 1 aliphatic carbocycles. The van der Waals surface area contributed by atoms with Crippen molar-refractivity contribution in [1.29, 1.82) is 0 Å².